The van der Waals surface area contributed by atoms with Crippen molar-refractivity contribution in [3.05, 3.63) is 71.8 Å². The number of hydrogen-bond acceptors (Lipinski definition) is 4. The van der Waals surface area contributed by atoms with Crippen LogP contribution in [0.3, 0.4) is 0 Å². The van der Waals surface area contributed by atoms with E-state index in [-0.39, 0.29) is 0 Å². The molecule has 2 unspecified atom stereocenters. The molecule has 106 valence electrons. The van der Waals surface area contributed by atoms with Gasteiger partial charge in [-0.05, 0) is 13.8 Å². The second-order valence-electron chi connectivity index (χ2n) is 4.86. The van der Waals surface area contributed by atoms with Gasteiger partial charge in [0.2, 0.25) is 11.6 Å². The van der Waals surface area contributed by atoms with Crippen LogP contribution in [-0.4, -0.2) is 10.2 Å². The topological polar surface area (TPSA) is 58.9 Å². The van der Waals surface area contributed by atoms with Crippen molar-refractivity contribution in [2.24, 2.45) is 0 Å². The third kappa shape index (κ3) is 3.43. The van der Waals surface area contributed by atoms with Crippen LogP contribution in [0.2, 0.25) is 0 Å². The Balaban J connectivity index is 2.08. The van der Waals surface area contributed by atoms with Crippen LogP contribution in [0, 0.1) is 0 Å². The number of hydrogen-bond donors (Lipinski definition) is 2. The van der Waals surface area contributed by atoms with E-state index in [1.54, 1.807) is 48.5 Å². The Bertz CT molecular complexity index is 483. The van der Waals surface area contributed by atoms with Crippen molar-refractivity contribution < 1.29 is 20.0 Å². The van der Waals surface area contributed by atoms with Crippen molar-refractivity contribution in [1.29, 1.82) is 0 Å². The second-order valence-corrected chi connectivity index (χ2v) is 4.86. The Labute approximate surface area is 118 Å². The van der Waals surface area contributed by atoms with Crippen LogP contribution in [0.1, 0.15) is 25.0 Å². The Kier molecular flexibility index (Phi) is 4.20. The van der Waals surface area contributed by atoms with Gasteiger partial charge in [-0.1, -0.05) is 60.7 Å². The van der Waals surface area contributed by atoms with Crippen LogP contribution in [0.5, 0.6) is 0 Å². The zero-order valence-electron chi connectivity index (χ0n) is 11.5. The lowest BCUT2D eigenvalue weighted by Gasteiger charge is -2.29. The highest BCUT2D eigenvalue weighted by molar-refractivity contribution is 5.20. The first-order chi connectivity index (χ1) is 9.42. The molecule has 2 N–H and O–H groups in total. The highest BCUT2D eigenvalue weighted by Gasteiger charge is 2.32. The maximum absolute atomic E-state index is 10.2. The fourth-order valence-corrected chi connectivity index (χ4v) is 1.75. The van der Waals surface area contributed by atoms with E-state index in [9.17, 15) is 10.2 Å². The van der Waals surface area contributed by atoms with Crippen molar-refractivity contribution >= 4 is 0 Å². The number of rotatable bonds is 5. The molecule has 0 aliphatic heterocycles. The Hall–Kier alpha value is -1.72. The third-order valence-electron chi connectivity index (χ3n) is 2.99. The zero-order valence-corrected chi connectivity index (χ0v) is 11.5. The molecule has 4 nitrogen and oxygen atoms in total. The monoisotopic (exact) mass is 274 g/mol. The quantitative estimate of drug-likeness (QED) is 0.500. The molecule has 2 aromatic rings. The maximum Gasteiger partial charge on any atom is 0.222 e. The zero-order chi connectivity index (χ0) is 14.6. The first kappa shape index (κ1) is 14.7. The molecule has 0 heterocycles. The molecule has 0 amide bonds. The van der Waals surface area contributed by atoms with E-state index in [0.29, 0.717) is 11.1 Å². The van der Waals surface area contributed by atoms with Crippen LogP contribution in [0.4, 0.5) is 0 Å². The minimum Gasteiger partial charge on any atom is -0.360 e. The Morgan fingerprint density at radius 3 is 1.25 bits per heavy atom. The SMILES string of the molecule is CC(O)(OOC(C)(O)c1ccccc1)c1ccccc1. The molecule has 2 aromatic carbocycles. The van der Waals surface area contributed by atoms with Gasteiger partial charge in [0.15, 0.2) is 0 Å². The normalized spacial score (nSPS) is 17.2. The lowest BCUT2D eigenvalue weighted by molar-refractivity contribution is -0.498. The highest BCUT2D eigenvalue weighted by Crippen LogP contribution is 2.28. The first-order valence-corrected chi connectivity index (χ1v) is 6.34. The Morgan fingerprint density at radius 1 is 0.650 bits per heavy atom. The fraction of sp³-hybridized carbons (Fsp3) is 0.250. The second kappa shape index (κ2) is 5.73. The average Bonchev–Trinajstić information content (AvgIpc) is 2.47. The molecule has 20 heavy (non-hydrogen) atoms. The summed E-state index contributed by atoms with van der Waals surface area (Å²) in [6, 6.07) is 17.6. The van der Waals surface area contributed by atoms with Gasteiger partial charge in [-0.25, -0.2) is 0 Å². The van der Waals surface area contributed by atoms with E-state index < -0.39 is 11.6 Å². The number of aliphatic hydroxyl groups is 2. The summed E-state index contributed by atoms with van der Waals surface area (Å²) in [4.78, 5) is 10.1. The molecular formula is C16H18O4. The summed E-state index contributed by atoms with van der Waals surface area (Å²) in [6.07, 6.45) is 0. The van der Waals surface area contributed by atoms with Gasteiger partial charge in [0, 0.05) is 11.1 Å². The summed E-state index contributed by atoms with van der Waals surface area (Å²) in [6.45, 7) is 2.90. The van der Waals surface area contributed by atoms with Crippen molar-refractivity contribution in [1.82, 2.24) is 0 Å². The molecule has 4 heteroatoms. The van der Waals surface area contributed by atoms with Gasteiger partial charge >= 0.3 is 0 Å². The highest BCUT2D eigenvalue weighted by atomic mass is 17.2. The van der Waals surface area contributed by atoms with E-state index in [1.165, 1.54) is 13.8 Å². The van der Waals surface area contributed by atoms with E-state index in [0.717, 1.165) is 0 Å². The molecule has 0 radical (unpaired) electrons. The summed E-state index contributed by atoms with van der Waals surface area (Å²) < 4.78 is 0. The first-order valence-electron chi connectivity index (χ1n) is 6.34. The van der Waals surface area contributed by atoms with Gasteiger partial charge in [-0.3, -0.25) is 0 Å². The van der Waals surface area contributed by atoms with Gasteiger partial charge < -0.3 is 10.2 Å². The summed E-state index contributed by atoms with van der Waals surface area (Å²) in [5.41, 5.74) is 1.06. The summed E-state index contributed by atoms with van der Waals surface area (Å²) in [5, 5.41) is 20.5. The lowest BCUT2D eigenvalue weighted by Crippen LogP contribution is -2.33. The third-order valence-corrected chi connectivity index (χ3v) is 2.99. The van der Waals surface area contributed by atoms with Crippen LogP contribution in [0.15, 0.2) is 60.7 Å². The van der Waals surface area contributed by atoms with Gasteiger partial charge in [0.25, 0.3) is 0 Å². The molecule has 0 aliphatic rings. The molecule has 0 saturated carbocycles. The van der Waals surface area contributed by atoms with Crippen molar-refractivity contribution in [3.8, 4) is 0 Å². The molecule has 0 fully saturated rings. The number of benzene rings is 2. The molecule has 2 atom stereocenters. The predicted octanol–water partition coefficient (Wildman–Crippen LogP) is 2.67. The van der Waals surface area contributed by atoms with E-state index in [4.69, 9.17) is 9.78 Å². The Morgan fingerprint density at radius 2 is 0.950 bits per heavy atom. The average molecular weight is 274 g/mol. The van der Waals surface area contributed by atoms with Gasteiger partial charge in [0.05, 0.1) is 0 Å². The van der Waals surface area contributed by atoms with Crippen molar-refractivity contribution in [2.45, 2.75) is 25.4 Å². The molecule has 0 spiro atoms. The lowest BCUT2D eigenvalue weighted by atomic mass is 10.1. The molecule has 0 aliphatic carbocycles. The van der Waals surface area contributed by atoms with Crippen molar-refractivity contribution in [3.63, 3.8) is 0 Å². The fourth-order valence-electron chi connectivity index (χ4n) is 1.75. The largest absolute Gasteiger partial charge is 0.360 e. The molecule has 0 aromatic heterocycles. The van der Waals surface area contributed by atoms with Crippen LogP contribution in [0.25, 0.3) is 0 Å². The van der Waals surface area contributed by atoms with Crippen molar-refractivity contribution in [2.75, 3.05) is 0 Å². The minimum absolute atomic E-state index is 0.531. The molecule has 2 rings (SSSR count). The summed E-state index contributed by atoms with van der Waals surface area (Å²) in [5.74, 6) is -3.31. The molecule has 0 saturated heterocycles. The van der Waals surface area contributed by atoms with Gasteiger partial charge in [-0.2, -0.15) is 9.78 Å². The van der Waals surface area contributed by atoms with Gasteiger partial charge in [0.1, 0.15) is 0 Å². The maximum atomic E-state index is 10.2. The standard InChI is InChI=1S/C16H18O4/c1-15(17,13-9-5-3-6-10-13)19-20-16(2,18)14-11-7-4-8-12-14/h3-12,17-18H,1-2H3. The summed E-state index contributed by atoms with van der Waals surface area (Å²) in [7, 11) is 0. The van der Waals surface area contributed by atoms with E-state index in [1.807, 2.05) is 12.1 Å². The van der Waals surface area contributed by atoms with E-state index >= 15 is 0 Å². The van der Waals surface area contributed by atoms with Crippen LogP contribution in [-0.2, 0) is 21.3 Å². The molecule has 0 bridgehead atoms. The minimum atomic E-state index is -1.65. The smallest absolute Gasteiger partial charge is 0.222 e. The van der Waals surface area contributed by atoms with Crippen LogP contribution < -0.4 is 0 Å². The molecular weight excluding hydrogens is 256 g/mol. The predicted molar refractivity (Wildman–Crippen MR) is 74.2 cm³/mol. The van der Waals surface area contributed by atoms with E-state index in [2.05, 4.69) is 0 Å². The van der Waals surface area contributed by atoms with Gasteiger partial charge in [-0.15, -0.1) is 0 Å². The van der Waals surface area contributed by atoms with Crippen LogP contribution >= 0.6 is 0 Å². The summed E-state index contributed by atoms with van der Waals surface area (Å²) >= 11 is 0.